The molecule has 1 atom stereocenters. The molecule has 0 saturated heterocycles. The van der Waals surface area contributed by atoms with Gasteiger partial charge in [0.05, 0.1) is 10.5 Å². The highest BCUT2D eigenvalue weighted by Gasteiger charge is 2.34. The van der Waals surface area contributed by atoms with Gasteiger partial charge in [0.15, 0.2) is 0 Å². The Morgan fingerprint density at radius 3 is 2.06 bits per heavy atom. The van der Waals surface area contributed by atoms with Crippen molar-refractivity contribution in [3.05, 3.63) is 72.3 Å². The maximum Gasteiger partial charge on any atom is 0.573 e. The number of fused-ring (bicyclic) bond motifs is 2. The molecule has 1 unspecified atom stereocenters. The first-order valence-corrected chi connectivity index (χ1v) is 11.9. The Labute approximate surface area is 187 Å². The Balaban J connectivity index is 2.16. The summed E-state index contributed by atoms with van der Waals surface area (Å²) in [6, 6.07) is 14.7. The predicted molar refractivity (Wildman–Crippen MR) is 114 cm³/mol. The lowest BCUT2D eigenvalue weighted by atomic mass is 9.92. The molecule has 0 saturated carbocycles. The van der Waals surface area contributed by atoms with Gasteiger partial charge in [-0.3, -0.25) is 0 Å². The van der Waals surface area contributed by atoms with Gasteiger partial charge in [-0.15, -0.1) is 13.2 Å². The molecular formula is C22H11BrF6O2S. The largest absolute Gasteiger partial charge is 0.573 e. The van der Waals surface area contributed by atoms with Crippen LogP contribution in [0.15, 0.2) is 71.6 Å². The minimum absolute atomic E-state index is 0.0589. The van der Waals surface area contributed by atoms with E-state index in [0.29, 0.717) is 10.8 Å². The number of hydrogen-bond donors (Lipinski definition) is 0. The SMILES string of the molecule is O=S(Br)c1ccc2ccccc2c1-c1c(OC(F)(F)F)ccc2cc(C(F)(F)F)ccc12. The number of hydrogen-bond acceptors (Lipinski definition) is 2. The van der Waals surface area contributed by atoms with Gasteiger partial charge in [0.25, 0.3) is 0 Å². The van der Waals surface area contributed by atoms with Gasteiger partial charge in [-0.25, -0.2) is 4.21 Å². The molecule has 0 heterocycles. The molecular weight excluding hydrogens is 522 g/mol. The first kappa shape index (κ1) is 22.6. The normalized spacial score (nSPS) is 13.5. The standard InChI is InChI=1S/C22H11BrF6O2S/c23-32(30)18-10-6-12-3-1-2-4-15(12)20(18)19-16-8-7-14(21(24,25)26)11-13(16)5-9-17(19)31-22(27,28)29/h1-11H. The van der Waals surface area contributed by atoms with Crippen LogP contribution in [-0.4, -0.2) is 10.6 Å². The zero-order chi connectivity index (χ0) is 23.3. The predicted octanol–water partition coefficient (Wildman–Crippen LogP) is 7.99. The average Bonchev–Trinajstić information content (AvgIpc) is 2.70. The third-order valence-corrected chi connectivity index (χ3v) is 6.58. The second-order valence-electron chi connectivity index (χ2n) is 6.80. The quantitative estimate of drug-likeness (QED) is 0.197. The van der Waals surface area contributed by atoms with Crippen LogP contribution in [0, 0.1) is 0 Å². The Kier molecular flexibility index (Phi) is 5.70. The molecule has 0 amide bonds. The van der Waals surface area contributed by atoms with Crippen LogP contribution >= 0.6 is 14.8 Å². The highest BCUT2D eigenvalue weighted by atomic mass is 79.9. The van der Waals surface area contributed by atoms with Gasteiger partial charge in [-0.05, 0) is 45.8 Å². The van der Waals surface area contributed by atoms with Crippen molar-refractivity contribution in [3.8, 4) is 16.9 Å². The summed E-state index contributed by atoms with van der Waals surface area (Å²) in [6.45, 7) is 0. The number of alkyl halides is 6. The summed E-state index contributed by atoms with van der Waals surface area (Å²) in [7, 11) is -1.79. The van der Waals surface area contributed by atoms with Crippen molar-refractivity contribution >= 4 is 45.6 Å². The van der Waals surface area contributed by atoms with E-state index in [-0.39, 0.29) is 26.8 Å². The van der Waals surface area contributed by atoms with E-state index in [9.17, 15) is 30.6 Å². The zero-order valence-electron chi connectivity index (χ0n) is 15.7. The number of ether oxygens (including phenoxy) is 1. The molecule has 0 aromatic heterocycles. The molecule has 0 radical (unpaired) electrons. The van der Waals surface area contributed by atoms with Crippen LogP contribution in [0.3, 0.4) is 0 Å². The monoisotopic (exact) mass is 532 g/mol. The third-order valence-electron chi connectivity index (χ3n) is 4.85. The first-order chi connectivity index (χ1) is 15.0. The van der Waals surface area contributed by atoms with Crippen LogP contribution in [0.2, 0.25) is 0 Å². The summed E-state index contributed by atoms with van der Waals surface area (Å²) in [5.41, 5.74) is -0.876. The second-order valence-corrected chi connectivity index (χ2v) is 9.45. The van der Waals surface area contributed by atoms with Gasteiger partial charge in [0.1, 0.15) is 15.0 Å². The number of benzene rings is 4. The summed E-state index contributed by atoms with van der Waals surface area (Å²) in [5, 5.41) is 1.27. The lowest BCUT2D eigenvalue weighted by Crippen LogP contribution is -2.18. The highest BCUT2D eigenvalue weighted by molar-refractivity contribution is 9.46. The topological polar surface area (TPSA) is 26.3 Å². The zero-order valence-corrected chi connectivity index (χ0v) is 18.1. The van der Waals surface area contributed by atoms with Gasteiger partial charge in [-0.2, -0.15) is 13.2 Å². The Morgan fingerprint density at radius 1 is 0.750 bits per heavy atom. The van der Waals surface area contributed by atoms with Crippen LogP contribution in [0.1, 0.15) is 5.56 Å². The lowest BCUT2D eigenvalue weighted by Gasteiger charge is -2.19. The molecule has 4 aromatic carbocycles. The van der Waals surface area contributed by atoms with Crippen molar-refractivity contribution in [3.63, 3.8) is 0 Å². The minimum atomic E-state index is -5.05. The van der Waals surface area contributed by atoms with Crippen LogP contribution in [-0.2, 0) is 15.4 Å². The van der Waals surface area contributed by atoms with Gasteiger partial charge in [0.2, 0.25) is 0 Å². The van der Waals surface area contributed by atoms with E-state index < -0.39 is 33.1 Å². The molecule has 0 aliphatic carbocycles. The van der Waals surface area contributed by atoms with E-state index in [4.69, 9.17) is 0 Å². The Morgan fingerprint density at radius 2 is 1.41 bits per heavy atom. The molecule has 4 aromatic rings. The van der Waals surface area contributed by atoms with E-state index in [2.05, 4.69) is 19.5 Å². The molecule has 4 rings (SSSR count). The van der Waals surface area contributed by atoms with Gasteiger partial charge in [-0.1, -0.05) is 42.5 Å². The average molecular weight is 533 g/mol. The van der Waals surface area contributed by atoms with E-state index in [1.807, 2.05) is 0 Å². The van der Waals surface area contributed by atoms with Crippen molar-refractivity contribution < 1.29 is 35.3 Å². The van der Waals surface area contributed by atoms with Crippen molar-refractivity contribution in [2.24, 2.45) is 0 Å². The second kappa shape index (κ2) is 8.08. The smallest absolute Gasteiger partial charge is 0.405 e. The first-order valence-electron chi connectivity index (χ1n) is 8.95. The highest BCUT2D eigenvalue weighted by Crippen LogP contribution is 2.46. The Hall–Kier alpha value is -2.59. The van der Waals surface area contributed by atoms with Crippen LogP contribution in [0.4, 0.5) is 26.3 Å². The molecule has 0 aliphatic heterocycles. The maximum absolute atomic E-state index is 13.2. The van der Waals surface area contributed by atoms with Crippen LogP contribution in [0.5, 0.6) is 5.75 Å². The summed E-state index contributed by atoms with van der Waals surface area (Å²) >= 11 is 2.96. The van der Waals surface area contributed by atoms with Gasteiger partial charge >= 0.3 is 12.5 Å². The van der Waals surface area contributed by atoms with Gasteiger partial charge < -0.3 is 4.74 Å². The van der Waals surface area contributed by atoms with E-state index in [0.717, 1.165) is 30.3 Å². The van der Waals surface area contributed by atoms with E-state index >= 15 is 0 Å². The summed E-state index contributed by atoms with van der Waals surface area (Å²) in [5.74, 6) is -0.611. The molecule has 10 heteroatoms. The molecule has 0 N–H and O–H groups in total. The molecule has 32 heavy (non-hydrogen) atoms. The number of rotatable bonds is 3. The molecule has 0 aliphatic rings. The molecule has 2 nitrogen and oxygen atoms in total. The lowest BCUT2D eigenvalue weighted by molar-refractivity contribution is -0.274. The fraction of sp³-hybridized carbons (Fsp3) is 0.0909. The van der Waals surface area contributed by atoms with Gasteiger partial charge in [0, 0.05) is 25.9 Å². The van der Waals surface area contributed by atoms with Crippen LogP contribution < -0.4 is 4.74 Å². The Bertz CT molecular complexity index is 1360. The van der Waals surface area contributed by atoms with Crippen LogP contribution in [0.25, 0.3) is 32.7 Å². The summed E-state index contributed by atoms with van der Waals surface area (Å²) in [4.78, 5) is 0.156. The molecule has 0 spiro atoms. The minimum Gasteiger partial charge on any atom is -0.405 e. The summed E-state index contributed by atoms with van der Waals surface area (Å²) < 4.78 is 95.8. The van der Waals surface area contributed by atoms with E-state index in [1.54, 1.807) is 30.3 Å². The van der Waals surface area contributed by atoms with Crippen molar-refractivity contribution in [1.82, 2.24) is 0 Å². The van der Waals surface area contributed by atoms with E-state index in [1.165, 1.54) is 6.07 Å². The third kappa shape index (κ3) is 4.33. The molecule has 0 fully saturated rings. The van der Waals surface area contributed by atoms with Crippen molar-refractivity contribution in [1.29, 1.82) is 0 Å². The molecule has 166 valence electrons. The van der Waals surface area contributed by atoms with Crippen molar-refractivity contribution in [2.75, 3.05) is 0 Å². The fourth-order valence-corrected chi connectivity index (χ4v) is 4.95. The maximum atomic E-state index is 13.2. The van der Waals surface area contributed by atoms with Crippen molar-refractivity contribution in [2.45, 2.75) is 17.4 Å². The summed E-state index contributed by atoms with van der Waals surface area (Å²) in [6.07, 6.45) is -9.68. The number of halogens is 7. The molecule has 0 bridgehead atoms. The fourth-order valence-electron chi connectivity index (χ4n) is 3.60.